The van der Waals surface area contributed by atoms with E-state index in [1.165, 1.54) is 23.7 Å². The second-order valence-electron chi connectivity index (χ2n) is 7.88. The Morgan fingerprint density at radius 2 is 1.91 bits per heavy atom. The number of fused-ring (bicyclic) bond motifs is 1. The zero-order valence-corrected chi connectivity index (χ0v) is 19.2. The molecule has 2 heterocycles. The normalized spacial score (nSPS) is 13.3. The molecule has 9 heteroatoms. The van der Waals surface area contributed by atoms with Gasteiger partial charge in [-0.3, -0.25) is 9.59 Å². The Morgan fingerprint density at radius 3 is 2.65 bits per heavy atom. The van der Waals surface area contributed by atoms with Gasteiger partial charge in [0, 0.05) is 11.3 Å². The van der Waals surface area contributed by atoms with Gasteiger partial charge in [-0.25, -0.2) is 4.79 Å². The first-order valence-electron chi connectivity index (χ1n) is 10.9. The molecule has 174 valence electrons. The van der Waals surface area contributed by atoms with Crippen LogP contribution in [-0.4, -0.2) is 30.4 Å². The van der Waals surface area contributed by atoms with Crippen LogP contribution in [-0.2, 0) is 33.6 Å². The van der Waals surface area contributed by atoms with Gasteiger partial charge in [-0.2, -0.15) is 5.26 Å². The zero-order valence-electron chi connectivity index (χ0n) is 18.3. The molecule has 2 amide bonds. The van der Waals surface area contributed by atoms with Crippen LogP contribution < -0.4 is 10.6 Å². The molecule has 4 rings (SSSR count). The molecule has 0 saturated heterocycles. The van der Waals surface area contributed by atoms with Crippen LogP contribution in [0.15, 0.2) is 53.1 Å². The predicted molar refractivity (Wildman–Crippen MR) is 125 cm³/mol. The largest absolute Gasteiger partial charge is 0.459 e. The highest BCUT2D eigenvalue weighted by molar-refractivity contribution is 7.16. The third kappa shape index (κ3) is 5.53. The number of aryl methyl sites for hydroxylation is 1. The van der Waals surface area contributed by atoms with Gasteiger partial charge in [0.25, 0.3) is 11.8 Å². The Hall–Kier alpha value is -3.90. The summed E-state index contributed by atoms with van der Waals surface area (Å²) in [5, 5.41) is 15.3. The lowest BCUT2D eigenvalue weighted by Crippen LogP contribution is -2.44. The van der Waals surface area contributed by atoms with Gasteiger partial charge >= 0.3 is 5.97 Å². The fourth-order valence-corrected chi connectivity index (χ4v) is 5.11. The van der Waals surface area contributed by atoms with E-state index < -0.39 is 30.4 Å². The predicted octanol–water partition coefficient (Wildman–Crippen LogP) is 3.61. The number of rotatable bonds is 8. The van der Waals surface area contributed by atoms with Crippen molar-refractivity contribution in [3.63, 3.8) is 0 Å². The second kappa shape index (κ2) is 10.8. The molecule has 1 aromatic carbocycles. The fourth-order valence-electron chi connectivity index (χ4n) is 3.85. The van der Waals surface area contributed by atoms with E-state index >= 15 is 0 Å². The summed E-state index contributed by atoms with van der Waals surface area (Å²) in [6.07, 6.45) is 5.36. The molecule has 1 unspecified atom stereocenters. The standard InChI is InChI=1S/C25H23N3O5S/c26-14-18-17-9-4-5-11-21(17)34-24(18)28-22(29)15-33-25(31)19(13-16-7-2-1-3-8-16)27-23(30)20-10-6-12-32-20/h1-3,6-8,10,12,19H,4-5,9,11,13,15H2,(H,27,30)(H,28,29). The molecule has 0 radical (unpaired) electrons. The van der Waals surface area contributed by atoms with Crippen LogP contribution in [0, 0.1) is 11.3 Å². The maximum atomic E-state index is 12.8. The maximum Gasteiger partial charge on any atom is 0.329 e. The Morgan fingerprint density at radius 1 is 1.12 bits per heavy atom. The first kappa shape index (κ1) is 23.3. The van der Waals surface area contributed by atoms with E-state index in [1.54, 1.807) is 6.07 Å². The van der Waals surface area contributed by atoms with Crippen LogP contribution in [0.5, 0.6) is 0 Å². The maximum absolute atomic E-state index is 12.8. The second-order valence-corrected chi connectivity index (χ2v) is 8.98. The van der Waals surface area contributed by atoms with Crippen molar-refractivity contribution in [1.82, 2.24) is 5.32 Å². The molecule has 2 N–H and O–H groups in total. The van der Waals surface area contributed by atoms with Crippen LogP contribution >= 0.6 is 11.3 Å². The Kier molecular flexibility index (Phi) is 7.40. The molecule has 0 spiro atoms. The van der Waals surface area contributed by atoms with Crippen molar-refractivity contribution in [2.75, 3.05) is 11.9 Å². The van der Waals surface area contributed by atoms with Gasteiger partial charge in [0.1, 0.15) is 17.1 Å². The monoisotopic (exact) mass is 477 g/mol. The van der Waals surface area contributed by atoms with Crippen molar-refractivity contribution in [3.05, 3.63) is 76.1 Å². The molecular formula is C25H23N3O5S. The van der Waals surface area contributed by atoms with Crippen LogP contribution in [0.1, 0.15) is 45.0 Å². The average Bonchev–Trinajstić information content (AvgIpc) is 3.50. The van der Waals surface area contributed by atoms with E-state index in [0.717, 1.165) is 41.7 Å². The van der Waals surface area contributed by atoms with E-state index in [0.29, 0.717) is 10.6 Å². The number of hydrogen-bond donors (Lipinski definition) is 2. The number of benzene rings is 1. The van der Waals surface area contributed by atoms with E-state index in [-0.39, 0.29) is 12.2 Å². The van der Waals surface area contributed by atoms with Gasteiger partial charge in [0.05, 0.1) is 11.8 Å². The smallest absolute Gasteiger partial charge is 0.329 e. The summed E-state index contributed by atoms with van der Waals surface area (Å²) < 4.78 is 10.3. The van der Waals surface area contributed by atoms with Crippen molar-refractivity contribution in [2.45, 2.75) is 38.1 Å². The number of anilines is 1. The van der Waals surface area contributed by atoms with Gasteiger partial charge in [-0.15, -0.1) is 11.3 Å². The lowest BCUT2D eigenvalue weighted by molar-refractivity contribution is -0.149. The third-order valence-corrected chi connectivity index (χ3v) is 6.71. The Labute approximate surface area is 200 Å². The Balaban J connectivity index is 1.40. The number of ether oxygens (including phenoxy) is 1. The van der Waals surface area contributed by atoms with E-state index in [1.807, 2.05) is 30.3 Å². The SMILES string of the molecule is N#Cc1c(NC(=O)COC(=O)C(Cc2ccccc2)NC(=O)c2ccco2)sc2c1CCCC2. The van der Waals surface area contributed by atoms with Gasteiger partial charge < -0.3 is 19.8 Å². The highest BCUT2D eigenvalue weighted by Crippen LogP contribution is 2.37. The van der Waals surface area contributed by atoms with E-state index in [4.69, 9.17) is 9.15 Å². The number of furan rings is 1. The summed E-state index contributed by atoms with van der Waals surface area (Å²) in [6, 6.07) is 13.4. The van der Waals surface area contributed by atoms with Crippen molar-refractivity contribution in [2.24, 2.45) is 0 Å². The lowest BCUT2D eigenvalue weighted by Gasteiger charge is -2.17. The highest BCUT2D eigenvalue weighted by atomic mass is 32.1. The highest BCUT2D eigenvalue weighted by Gasteiger charge is 2.26. The summed E-state index contributed by atoms with van der Waals surface area (Å²) >= 11 is 1.40. The van der Waals surface area contributed by atoms with Crippen LogP contribution in [0.2, 0.25) is 0 Å². The minimum Gasteiger partial charge on any atom is -0.459 e. The molecule has 0 saturated carbocycles. The van der Waals surface area contributed by atoms with Crippen molar-refractivity contribution in [1.29, 1.82) is 5.26 Å². The molecule has 8 nitrogen and oxygen atoms in total. The molecule has 34 heavy (non-hydrogen) atoms. The number of amides is 2. The third-order valence-electron chi connectivity index (χ3n) is 5.50. The summed E-state index contributed by atoms with van der Waals surface area (Å²) in [4.78, 5) is 38.8. The van der Waals surface area contributed by atoms with Crippen LogP contribution in [0.25, 0.3) is 0 Å². The average molecular weight is 478 g/mol. The van der Waals surface area contributed by atoms with Gasteiger partial charge in [0.2, 0.25) is 0 Å². The fraction of sp³-hybridized carbons (Fsp3) is 0.280. The molecule has 1 atom stereocenters. The minimum absolute atomic E-state index is 0.0642. The molecule has 1 aliphatic carbocycles. The van der Waals surface area contributed by atoms with E-state index in [2.05, 4.69) is 16.7 Å². The summed E-state index contributed by atoms with van der Waals surface area (Å²) in [5.74, 6) is -1.78. The molecule has 0 aliphatic heterocycles. The minimum atomic E-state index is -1.02. The van der Waals surface area contributed by atoms with Crippen molar-refractivity contribution < 1.29 is 23.5 Å². The topological polar surface area (TPSA) is 121 Å². The molecule has 3 aromatic rings. The number of carbonyl (C=O) groups excluding carboxylic acids is 3. The number of hydrogen-bond acceptors (Lipinski definition) is 7. The van der Waals surface area contributed by atoms with Gasteiger partial charge in [0.15, 0.2) is 12.4 Å². The summed E-state index contributed by atoms with van der Waals surface area (Å²) in [7, 11) is 0. The van der Waals surface area contributed by atoms with Gasteiger partial charge in [-0.1, -0.05) is 30.3 Å². The van der Waals surface area contributed by atoms with Crippen molar-refractivity contribution >= 4 is 34.1 Å². The molecule has 1 aliphatic rings. The van der Waals surface area contributed by atoms with Crippen LogP contribution in [0.4, 0.5) is 5.00 Å². The van der Waals surface area contributed by atoms with Crippen LogP contribution in [0.3, 0.4) is 0 Å². The zero-order chi connectivity index (χ0) is 23.9. The first-order valence-corrected chi connectivity index (χ1v) is 11.8. The number of thiophene rings is 1. The summed E-state index contributed by atoms with van der Waals surface area (Å²) in [5.41, 5.74) is 2.32. The number of esters is 1. The first-order chi connectivity index (χ1) is 16.5. The number of nitriles is 1. The number of nitrogens with zero attached hydrogens (tertiary/aromatic N) is 1. The molecule has 2 aromatic heterocycles. The van der Waals surface area contributed by atoms with Crippen molar-refractivity contribution in [3.8, 4) is 6.07 Å². The quantitative estimate of drug-likeness (QED) is 0.478. The molecule has 0 bridgehead atoms. The summed E-state index contributed by atoms with van der Waals surface area (Å²) in [6.45, 7) is -0.534. The molecule has 0 fully saturated rings. The van der Waals surface area contributed by atoms with E-state index in [9.17, 15) is 19.6 Å². The number of carbonyl (C=O) groups is 3. The van der Waals surface area contributed by atoms with Gasteiger partial charge in [-0.05, 0) is 48.9 Å². The lowest BCUT2D eigenvalue weighted by atomic mass is 9.96. The molecular weight excluding hydrogens is 454 g/mol. The Bertz CT molecular complexity index is 1210. The number of nitrogens with one attached hydrogen (secondary N) is 2.